The quantitative estimate of drug-likeness (QED) is 0.860. The first-order valence-electron chi connectivity index (χ1n) is 6.68. The van der Waals surface area contributed by atoms with Crippen molar-refractivity contribution in [3.8, 4) is 5.75 Å². The van der Waals surface area contributed by atoms with Gasteiger partial charge in [0.25, 0.3) is 0 Å². The van der Waals surface area contributed by atoms with E-state index in [9.17, 15) is 9.50 Å². The molecule has 3 heteroatoms. The molecule has 1 fully saturated rings. The zero-order valence-electron chi connectivity index (χ0n) is 11.2. The van der Waals surface area contributed by atoms with E-state index >= 15 is 0 Å². The average Bonchev–Trinajstić information content (AvgIpc) is 2.33. The van der Waals surface area contributed by atoms with Gasteiger partial charge in [-0.25, -0.2) is 4.39 Å². The Bertz CT molecular complexity index is 407. The van der Waals surface area contributed by atoms with Gasteiger partial charge in [0.1, 0.15) is 0 Å². The molecule has 2 rings (SSSR count). The molecule has 1 saturated carbocycles. The predicted octanol–water partition coefficient (Wildman–Crippen LogP) is 3.59. The molecule has 100 valence electrons. The first-order chi connectivity index (χ1) is 8.48. The Kier molecular flexibility index (Phi) is 3.91. The lowest BCUT2D eigenvalue weighted by atomic mass is 9.75. The van der Waals surface area contributed by atoms with Crippen molar-refractivity contribution in [3.05, 3.63) is 29.6 Å². The molecule has 0 heterocycles. The van der Waals surface area contributed by atoms with Crippen molar-refractivity contribution in [1.82, 2.24) is 5.32 Å². The second-order valence-electron chi connectivity index (χ2n) is 6.07. The number of aromatic hydroxyl groups is 1. The van der Waals surface area contributed by atoms with E-state index in [0.717, 1.165) is 12.8 Å². The molecule has 0 atom stereocenters. The van der Waals surface area contributed by atoms with E-state index in [2.05, 4.69) is 19.2 Å². The summed E-state index contributed by atoms with van der Waals surface area (Å²) in [6, 6.07) is 5.16. The van der Waals surface area contributed by atoms with E-state index < -0.39 is 5.82 Å². The van der Waals surface area contributed by atoms with Crippen molar-refractivity contribution in [2.24, 2.45) is 5.41 Å². The molecule has 1 aromatic rings. The molecule has 0 spiro atoms. The fraction of sp³-hybridized carbons (Fsp3) is 0.600. The van der Waals surface area contributed by atoms with Crippen molar-refractivity contribution in [1.29, 1.82) is 0 Å². The number of rotatable bonds is 3. The summed E-state index contributed by atoms with van der Waals surface area (Å²) in [5, 5.41) is 13.0. The third-order valence-corrected chi connectivity index (χ3v) is 3.99. The molecule has 0 aliphatic heterocycles. The smallest absolute Gasteiger partial charge is 0.165 e. The topological polar surface area (TPSA) is 32.3 Å². The van der Waals surface area contributed by atoms with E-state index in [4.69, 9.17) is 0 Å². The molecule has 1 aliphatic rings. The van der Waals surface area contributed by atoms with Crippen LogP contribution in [0.5, 0.6) is 5.75 Å². The van der Waals surface area contributed by atoms with Gasteiger partial charge in [0.15, 0.2) is 11.6 Å². The SMILES string of the molecule is CC1(C)CCC(NCc2cccc(F)c2O)CC1. The van der Waals surface area contributed by atoms with Crippen LogP contribution in [0.2, 0.25) is 0 Å². The van der Waals surface area contributed by atoms with Crippen LogP contribution in [0.3, 0.4) is 0 Å². The van der Waals surface area contributed by atoms with Crippen LogP contribution in [0, 0.1) is 11.2 Å². The van der Waals surface area contributed by atoms with Gasteiger partial charge < -0.3 is 10.4 Å². The number of hydrogen-bond donors (Lipinski definition) is 2. The molecule has 2 N–H and O–H groups in total. The molecule has 1 aliphatic carbocycles. The zero-order valence-corrected chi connectivity index (χ0v) is 11.2. The van der Waals surface area contributed by atoms with Crippen LogP contribution in [-0.2, 0) is 6.54 Å². The Labute approximate surface area is 108 Å². The average molecular weight is 251 g/mol. The highest BCUT2D eigenvalue weighted by atomic mass is 19.1. The van der Waals surface area contributed by atoms with Gasteiger partial charge in [-0.1, -0.05) is 26.0 Å². The number of nitrogens with one attached hydrogen (secondary N) is 1. The summed E-state index contributed by atoms with van der Waals surface area (Å²) in [5.41, 5.74) is 1.10. The summed E-state index contributed by atoms with van der Waals surface area (Å²) >= 11 is 0. The lowest BCUT2D eigenvalue weighted by Gasteiger charge is -2.34. The molecule has 0 saturated heterocycles. The highest BCUT2D eigenvalue weighted by molar-refractivity contribution is 5.33. The summed E-state index contributed by atoms with van der Waals surface area (Å²) in [6.45, 7) is 5.15. The minimum Gasteiger partial charge on any atom is -0.505 e. The summed E-state index contributed by atoms with van der Waals surface area (Å²) in [7, 11) is 0. The van der Waals surface area contributed by atoms with Gasteiger partial charge in [-0.3, -0.25) is 0 Å². The Morgan fingerprint density at radius 1 is 1.33 bits per heavy atom. The molecule has 0 amide bonds. The third kappa shape index (κ3) is 3.22. The lowest BCUT2D eigenvalue weighted by molar-refractivity contribution is 0.205. The number of benzene rings is 1. The fourth-order valence-electron chi connectivity index (χ4n) is 2.56. The lowest BCUT2D eigenvalue weighted by Crippen LogP contribution is -2.35. The molecule has 0 unspecified atom stereocenters. The molecule has 2 nitrogen and oxygen atoms in total. The highest BCUT2D eigenvalue weighted by Crippen LogP contribution is 2.35. The Morgan fingerprint density at radius 3 is 2.67 bits per heavy atom. The number of phenolic OH excluding ortho intramolecular Hbond substituents is 1. The first-order valence-corrected chi connectivity index (χ1v) is 6.68. The van der Waals surface area contributed by atoms with Crippen molar-refractivity contribution >= 4 is 0 Å². The van der Waals surface area contributed by atoms with Gasteiger partial charge >= 0.3 is 0 Å². The van der Waals surface area contributed by atoms with E-state index in [-0.39, 0.29) is 5.75 Å². The number of para-hydroxylation sites is 1. The van der Waals surface area contributed by atoms with E-state index in [1.807, 2.05) is 0 Å². The molecule has 0 bridgehead atoms. The molecule has 0 radical (unpaired) electrons. The maximum Gasteiger partial charge on any atom is 0.165 e. The van der Waals surface area contributed by atoms with Crippen molar-refractivity contribution in [2.45, 2.75) is 52.1 Å². The number of halogens is 1. The minimum absolute atomic E-state index is 0.221. The highest BCUT2D eigenvalue weighted by Gasteiger charge is 2.26. The summed E-state index contributed by atoms with van der Waals surface area (Å²) < 4.78 is 13.2. The van der Waals surface area contributed by atoms with Crippen molar-refractivity contribution in [3.63, 3.8) is 0 Å². The van der Waals surface area contributed by atoms with Crippen LogP contribution in [-0.4, -0.2) is 11.1 Å². The van der Waals surface area contributed by atoms with Crippen LogP contribution >= 0.6 is 0 Å². The molecule has 0 aromatic heterocycles. The van der Waals surface area contributed by atoms with Crippen molar-refractivity contribution in [2.75, 3.05) is 0 Å². The largest absolute Gasteiger partial charge is 0.505 e. The Balaban J connectivity index is 1.87. The van der Waals surface area contributed by atoms with Gasteiger partial charge in [0, 0.05) is 18.2 Å². The second kappa shape index (κ2) is 5.27. The Hall–Kier alpha value is -1.09. The molecule has 1 aromatic carbocycles. The second-order valence-corrected chi connectivity index (χ2v) is 6.07. The van der Waals surface area contributed by atoms with E-state index in [1.54, 1.807) is 12.1 Å². The number of phenols is 1. The van der Waals surface area contributed by atoms with Gasteiger partial charge in [0.2, 0.25) is 0 Å². The maximum atomic E-state index is 13.2. The predicted molar refractivity (Wildman–Crippen MR) is 70.9 cm³/mol. The summed E-state index contributed by atoms with van der Waals surface area (Å²) in [6.07, 6.45) is 4.76. The van der Waals surface area contributed by atoms with E-state index in [1.165, 1.54) is 18.9 Å². The summed E-state index contributed by atoms with van der Waals surface area (Å²) in [5.74, 6) is -0.764. The number of hydrogen-bond acceptors (Lipinski definition) is 2. The first kappa shape index (κ1) is 13.3. The monoisotopic (exact) mass is 251 g/mol. The Morgan fingerprint density at radius 2 is 2.00 bits per heavy atom. The maximum absolute atomic E-state index is 13.2. The van der Waals surface area contributed by atoms with Crippen LogP contribution in [0.25, 0.3) is 0 Å². The normalized spacial score (nSPS) is 19.9. The van der Waals surface area contributed by atoms with Crippen LogP contribution < -0.4 is 5.32 Å². The molecular weight excluding hydrogens is 229 g/mol. The minimum atomic E-state index is -0.543. The van der Waals surface area contributed by atoms with Gasteiger partial charge in [-0.05, 0) is 37.2 Å². The van der Waals surface area contributed by atoms with Gasteiger partial charge in [0.05, 0.1) is 0 Å². The van der Waals surface area contributed by atoms with Gasteiger partial charge in [-0.15, -0.1) is 0 Å². The van der Waals surface area contributed by atoms with E-state index in [0.29, 0.717) is 23.6 Å². The summed E-state index contributed by atoms with van der Waals surface area (Å²) in [4.78, 5) is 0. The van der Waals surface area contributed by atoms with Crippen LogP contribution in [0.4, 0.5) is 4.39 Å². The third-order valence-electron chi connectivity index (χ3n) is 3.99. The van der Waals surface area contributed by atoms with Crippen molar-refractivity contribution < 1.29 is 9.50 Å². The standard InChI is InChI=1S/C15H22FNO/c1-15(2)8-6-12(7-9-15)17-10-11-4-3-5-13(16)14(11)18/h3-5,12,17-18H,6-10H2,1-2H3. The zero-order chi connectivity index (χ0) is 13.2. The van der Waals surface area contributed by atoms with Crippen LogP contribution in [0.1, 0.15) is 45.1 Å². The van der Waals surface area contributed by atoms with Crippen LogP contribution in [0.15, 0.2) is 18.2 Å². The molecular formula is C15H22FNO. The van der Waals surface area contributed by atoms with Gasteiger partial charge in [-0.2, -0.15) is 0 Å². The fourth-order valence-corrected chi connectivity index (χ4v) is 2.56. The molecule has 18 heavy (non-hydrogen) atoms.